The summed E-state index contributed by atoms with van der Waals surface area (Å²) < 4.78 is 37.1. The maximum atomic E-state index is 14.1. The van der Waals surface area contributed by atoms with Crippen LogP contribution in [0.25, 0.3) is 0 Å². The Hall–Kier alpha value is -1.30. The second-order valence-electron chi connectivity index (χ2n) is 16.5. The van der Waals surface area contributed by atoms with Crippen molar-refractivity contribution in [2.75, 3.05) is 21.2 Å². The van der Waals surface area contributed by atoms with Crippen LogP contribution in [-0.4, -0.2) is 148 Å². The lowest BCUT2D eigenvalue weighted by Gasteiger charge is -2.49. The average Bonchev–Trinajstić information content (AvgIpc) is 3.05. The smallest absolute Gasteiger partial charge is 0.311 e. The predicted octanol–water partition coefficient (Wildman–Crippen LogP) is 1.79. The lowest BCUT2D eigenvalue weighted by atomic mass is 9.74. The average molecular weight is 734 g/mol. The summed E-state index contributed by atoms with van der Waals surface area (Å²) in [4.78, 5) is 29.8. The number of ether oxygens (including phenoxy) is 6. The highest BCUT2D eigenvalue weighted by molar-refractivity contribution is 5.83. The number of rotatable bonds is 7. The molecule has 3 fully saturated rings. The van der Waals surface area contributed by atoms with E-state index in [2.05, 4.69) is 0 Å². The van der Waals surface area contributed by atoms with Gasteiger partial charge < -0.3 is 58.9 Å². The molecular formula is C37H67NO13. The molecule has 3 saturated heterocycles. The minimum Gasteiger partial charge on any atom is -0.459 e. The van der Waals surface area contributed by atoms with Crippen molar-refractivity contribution in [2.24, 2.45) is 23.7 Å². The van der Waals surface area contributed by atoms with Crippen LogP contribution in [0.3, 0.4) is 0 Å². The molecule has 0 saturated carbocycles. The predicted molar refractivity (Wildman–Crippen MR) is 186 cm³/mol. The van der Waals surface area contributed by atoms with Gasteiger partial charge in [0.05, 0.1) is 47.6 Å². The normalized spacial score (nSPS) is 49.7. The Morgan fingerprint density at radius 2 is 1.49 bits per heavy atom. The molecule has 14 nitrogen and oxygen atoms in total. The van der Waals surface area contributed by atoms with Gasteiger partial charge in [0.15, 0.2) is 12.6 Å². The molecule has 3 rings (SSSR count). The summed E-state index contributed by atoms with van der Waals surface area (Å²) >= 11 is 0. The van der Waals surface area contributed by atoms with Gasteiger partial charge in [0.25, 0.3) is 0 Å². The van der Waals surface area contributed by atoms with Crippen molar-refractivity contribution in [3.05, 3.63) is 0 Å². The molecule has 18 atom stereocenters. The van der Waals surface area contributed by atoms with E-state index in [0.717, 1.165) is 0 Å². The number of methoxy groups -OCH3 is 1. The first kappa shape index (κ1) is 44.1. The van der Waals surface area contributed by atoms with E-state index in [-0.39, 0.29) is 31.4 Å². The van der Waals surface area contributed by atoms with Crippen molar-refractivity contribution in [1.82, 2.24) is 4.90 Å². The largest absolute Gasteiger partial charge is 0.459 e. The quantitative estimate of drug-likeness (QED) is 0.238. The summed E-state index contributed by atoms with van der Waals surface area (Å²) in [5, 5.41) is 57.6. The number of carbonyl (C=O) groups is 2. The summed E-state index contributed by atoms with van der Waals surface area (Å²) in [5.74, 6) is -4.98. The monoisotopic (exact) mass is 733 g/mol. The van der Waals surface area contributed by atoms with Gasteiger partial charge in [-0.1, -0.05) is 27.7 Å². The molecule has 3 aliphatic rings. The van der Waals surface area contributed by atoms with Crippen LogP contribution in [0, 0.1) is 23.7 Å². The van der Waals surface area contributed by atoms with Crippen molar-refractivity contribution < 1.29 is 63.5 Å². The van der Waals surface area contributed by atoms with E-state index in [4.69, 9.17) is 28.4 Å². The van der Waals surface area contributed by atoms with Crippen LogP contribution in [0.4, 0.5) is 0 Å². The second-order valence-corrected chi connectivity index (χ2v) is 16.5. The molecule has 0 spiro atoms. The number of hydrogen-bond donors (Lipinski definition) is 5. The van der Waals surface area contributed by atoms with Crippen LogP contribution >= 0.6 is 0 Å². The highest BCUT2D eigenvalue weighted by atomic mass is 16.7. The van der Waals surface area contributed by atoms with Gasteiger partial charge in [-0.15, -0.1) is 0 Å². The number of nitrogens with zero attached hydrogens (tertiary/aromatic N) is 1. The molecule has 0 radical (unpaired) electrons. The number of likely N-dealkylation sites (N-methyl/N-ethyl adjacent to an activating group) is 1. The Kier molecular flexibility index (Phi) is 14.7. The topological polar surface area (TPSA) is 194 Å². The third-order valence-corrected chi connectivity index (χ3v) is 11.8. The third-order valence-electron chi connectivity index (χ3n) is 11.8. The Balaban J connectivity index is 2.18. The summed E-state index contributed by atoms with van der Waals surface area (Å²) in [6, 6.07) is -0.324. The third kappa shape index (κ3) is 9.51. The van der Waals surface area contributed by atoms with Gasteiger partial charge in [-0.05, 0) is 74.9 Å². The molecule has 0 aliphatic carbocycles. The van der Waals surface area contributed by atoms with E-state index in [1.54, 1.807) is 41.5 Å². The van der Waals surface area contributed by atoms with Crippen molar-refractivity contribution in [3.8, 4) is 0 Å². The van der Waals surface area contributed by atoms with E-state index in [0.29, 0.717) is 6.42 Å². The molecule has 3 aliphatic heterocycles. The fourth-order valence-corrected chi connectivity index (χ4v) is 8.41. The van der Waals surface area contributed by atoms with E-state index in [1.807, 2.05) is 25.9 Å². The van der Waals surface area contributed by atoms with Crippen LogP contribution in [0.1, 0.15) is 94.9 Å². The first-order valence-corrected chi connectivity index (χ1v) is 18.5. The molecule has 3 heterocycles. The lowest BCUT2D eigenvalue weighted by Crippen LogP contribution is -2.61. The summed E-state index contributed by atoms with van der Waals surface area (Å²) in [6.45, 7) is 16.3. The van der Waals surface area contributed by atoms with E-state index in [1.165, 1.54) is 27.9 Å². The molecule has 0 aromatic carbocycles. The van der Waals surface area contributed by atoms with Crippen molar-refractivity contribution in [1.29, 1.82) is 0 Å². The number of carbonyl (C=O) groups excluding carboxylic acids is 2. The van der Waals surface area contributed by atoms with Gasteiger partial charge >= 0.3 is 5.97 Å². The zero-order valence-corrected chi connectivity index (χ0v) is 32.9. The molecule has 14 heteroatoms. The maximum absolute atomic E-state index is 14.1. The van der Waals surface area contributed by atoms with Crippen molar-refractivity contribution >= 4 is 11.8 Å². The van der Waals surface area contributed by atoms with E-state index in [9.17, 15) is 35.1 Å². The van der Waals surface area contributed by atoms with Gasteiger partial charge in [-0.25, -0.2) is 0 Å². The van der Waals surface area contributed by atoms with E-state index >= 15 is 0 Å². The summed E-state index contributed by atoms with van der Waals surface area (Å²) in [5.41, 5.74) is -4.84. The first-order chi connectivity index (χ1) is 23.4. The fourth-order valence-electron chi connectivity index (χ4n) is 8.41. The minimum absolute atomic E-state index is 0.0936. The molecule has 0 bridgehead atoms. The molecule has 0 aromatic heterocycles. The Morgan fingerprint density at radius 1 is 0.882 bits per heavy atom. The molecule has 2 unspecified atom stereocenters. The zero-order valence-electron chi connectivity index (χ0n) is 32.9. The number of cyclic esters (lactones) is 1. The van der Waals surface area contributed by atoms with Gasteiger partial charge in [-0.3, -0.25) is 9.59 Å². The van der Waals surface area contributed by atoms with Gasteiger partial charge in [0, 0.05) is 37.3 Å². The number of Topliss-reactive ketones (excluding diaryl/α,β-unsaturated/α-hetero) is 1. The Labute approximate surface area is 304 Å². The maximum Gasteiger partial charge on any atom is 0.311 e. The highest BCUT2D eigenvalue weighted by Gasteiger charge is 2.53. The zero-order chi connectivity index (χ0) is 39.0. The molecule has 51 heavy (non-hydrogen) atoms. The second kappa shape index (κ2) is 17.0. The van der Waals surface area contributed by atoms with Crippen molar-refractivity contribution in [3.63, 3.8) is 0 Å². The van der Waals surface area contributed by atoms with Crippen molar-refractivity contribution in [2.45, 2.75) is 179 Å². The first-order valence-electron chi connectivity index (χ1n) is 18.5. The SMILES string of the molecule is CC[C@@H]1OC(=O)[C@H](C)[C@@H](OC2C[C@@](C)(OC)[C@@H](O)[C@H](C)O2)[C@H](C)[C@@H](O[C@@H]2O[C@H](C)C[C@H](N(C)C)[C@H]2O)C(C)(O)C[C@@H](C)C(=O)[C@@H](C)[C@@H](O)[C@]1(C)O. The van der Waals surface area contributed by atoms with Crippen LogP contribution in [0.15, 0.2) is 0 Å². The Morgan fingerprint density at radius 3 is 2.04 bits per heavy atom. The molecule has 0 amide bonds. The summed E-state index contributed by atoms with van der Waals surface area (Å²) in [6.07, 6.45) is -9.71. The standard InChI is InChI=1S/C37H67NO13/c1-14-25-37(10,45)30(41)20(4)27(39)18(2)16-35(8,44)32(51-34-28(40)24(38(11)12)15-19(3)47-34)21(5)29(22(6)33(43)49-25)50-26-17-36(9,46-13)31(42)23(7)48-26/h18-26,28-32,34,40-42,44-45H,14-17H2,1-13H3/t18-,19-,20-,21+,22-,23+,24+,25+,26?,28-,29+,30-,31+,32-,34+,35?,36-,37-/m1/s1. The fraction of sp³-hybridized carbons (Fsp3) is 0.946. The van der Waals surface area contributed by atoms with Gasteiger partial charge in [-0.2, -0.15) is 0 Å². The number of aliphatic hydroxyl groups is 5. The van der Waals surface area contributed by atoms with Crippen LogP contribution in [0.5, 0.6) is 0 Å². The molecule has 5 N–H and O–H groups in total. The number of hydrogen-bond acceptors (Lipinski definition) is 14. The number of aliphatic hydroxyl groups excluding tert-OH is 3. The van der Waals surface area contributed by atoms with Crippen LogP contribution in [0.2, 0.25) is 0 Å². The highest BCUT2D eigenvalue weighted by Crippen LogP contribution is 2.40. The van der Waals surface area contributed by atoms with Gasteiger partial charge in [0.1, 0.15) is 29.7 Å². The molecular weight excluding hydrogens is 666 g/mol. The number of ketones is 1. The lowest BCUT2D eigenvalue weighted by molar-refractivity contribution is -0.318. The van der Waals surface area contributed by atoms with E-state index < -0.39 is 108 Å². The minimum atomic E-state index is -1.99. The van der Waals surface area contributed by atoms with Crippen LogP contribution < -0.4 is 0 Å². The Bertz CT molecular complexity index is 1170. The molecule has 298 valence electrons. The molecule has 0 aromatic rings. The summed E-state index contributed by atoms with van der Waals surface area (Å²) in [7, 11) is 5.18. The van der Waals surface area contributed by atoms with Gasteiger partial charge in [0.2, 0.25) is 0 Å². The van der Waals surface area contributed by atoms with Crippen LogP contribution in [-0.2, 0) is 38.0 Å². The number of esters is 1.